The number of rotatable bonds is 3. The molecular weight excluding hydrogens is 248 g/mol. The lowest BCUT2D eigenvalue weighted by atomic mass is 9.89. The van der Waals surface area contributed by atoms with Gasteiger partial charge in [-0.05, 0) is 43.4 Å². The Labute approximate surface area is 111 Å². The van der Waals surface area contributed by atoms with Crippen LogP contribution < -0.4 is 0 Å². The average Bonchev–Trinajstić information content (AvgIpc) is 2.43. The Bertz CT molecular complexity index is 459. The molecule has 1 aliphatic heterocycles. The molecule has 0 aromatic heterocycles. The quantitative estimate of drug-likeness (QED) is 0.769. The second-order valence-electron chi connectivity index (χ2n) is 4.88. The summed E-state index contributed by atoms with van der Waals surface area (Å²) < 4.78 is 27.1. The summed E-state index contributed by atoms with van der Waals surface area (Å²) >= 11 is 0. The molecule has 0 bridgehead atoms. The second kappa shape index (κ2) is 5.95. The second-order valence-corrected chi connectivity index (χ2v) is 4.88. The number of nitrogens with zero attached hydrogens (tertiary/aromatic N) is 1. The first-order chi connectivity index (χ1) is 9.11. The molecule has 0 N–H and O–H groups in total. The zero-order chi connectivity index (χ0) is 13.8. The maximum atomic E-state index is 13.5. The Kier molecular flexibility index (Phi) is 4.30. The van der Waals surface area contributed by atoms with Gasteiger partial charge in [0.15, 0.2) is 0 Å². The van der Waals surface area contributed by atoms with Crippen molar-refractivity contribution in [3.8, 4) is 0 Å². The van der Waals surface area contributed by atoms with Crippen LogP contribution in [0.2, 0.25) is 0 Å². The van der Waals surface area contributed by atoms with Crippen molar-refractivity contribution in [3.63, 3.8) is 0 Å². The number of amides is 1. The number of halogens is 2. The van der Waals surface area contributed by atoms with Crippen LogP contribution in [0.4, 0.5) is 8.78 Å². The molecule has 1 aliphatic rings. The molecule has 1 heterocycles. The van der Waals surface area contributed by atoms with E-state index in [0.29, 0.717) is 19.5 Å². The van der Waals surface area contributed by atoms with Crippen molar-refractivity contribution in [2.45, 2.75) is 19.3 Å². The van der Waals surface area contributed by atoms with E-state index in [-0.39, 0.29) is 17.4 Å². The highest BCUT2D eigenvalue weighted by atomic mass is 19.1. The summed E-state index contributed by atoms with van der Waals surface area (Å²) in [6.45, 7) is 4.72. The predicted molar refractivity (Wildman–Crippen MR) is 69.6 cm³/mol. The number of carbonyl (C=O) groups excluding carboxylic acids is 1. The van der Waals surface area contributed by atoms with Gasteiger partial charge >= 0.3 is 0 Å². The third-order valence-corrected chi connectivity index (χ3v) is 3.66. The van der Waals surface area contributed by atoms with Crippen molar-refractivity contribution in [2.24, 2.45) is 5.92 Å². The topological polar surface area (TPSA) is 20.3 Å². The van der Waals surface area contributed by atoms with E-state index in [4.69, 9.17) is 0 Å². The number of likely N-dealkylation sites (tertiary alicyclic amines) is 1. The highest BCUT2D eigenvalue weighted by molar-refractivity contribution is 5.87. The zero-order valence-electron chi connectivity index (χ0n) is 10.7. The van der Waals surface area contributed by atoms with Crippen LogP contribution in [0.3, 0.4) is 0 Å². The maximum absolute atomic E-state index is 13.5. The zero-order valence-corrected chi connectivity index (χ0v) is 10.7. The minimum absolute atomic E-state index is 0.0736. The molecule has 1 aromatic rings. The fraction of sp³-hybridized carbons (Fsp3) is 0.400. The molecule has 0 radical (unpaired) electrons. The summed E-state index contributed by atoms with van der Waals surface area (Å²) in [4.78, 5) is 13.2. The number of hydrogen-bond acceptors (Lipinski definition) is 1. The molecule has 1 amide bonds. The normalized spacial score (nSPS) is 16.4. The summed E-state index contributed by atoms with van der Waals surface area (Å²) in [5.41, 5.74) is 0.163. The predicted octanol–water partition coefficient (Wildman–Crippen LogP) is 2.93. The van der Waals surface area contributed by atoms with Crippen LogP contribution >= 0.6 is 0 Å². The van der Waals surface area contributed by atoms with E-state index in [1.165, 1.54) is 24.3 Å². The number of benzene rings is 1. The number of piperidine rings is 1. The van der Waals surface area contributed by atoms with Crippen molar-refractivity contribution in [1.82, 2.24) is 4.90 Å². The van der Waals surface area contributed by atoms with Crippen molar-refractivity contribution in [2.75, 3.05) is 13.1 Å². The van der Waals surface area contributed by atoms with Crippen LogP contribution in [0.15, 0.2) is 30.9 Å². The Hall–Kier alpha value is -1.71. The van der Waals surface area contributed by atoms with Gasteiger partial charge in [0, 0.05) is 18.7 Å². The molecule has 0 atom stereocenters. The molecule has 4 heteroatoms. The average molecular weight is 265 g/mol. The maximum Gasteiger partial charge on any atom is 0.245 e. The van der Waals surface area contributed by atoms with Crippen LogP contribution in [0, 0.1) is 17.6 Å². The fourth-order valence-corrected chi connectivity index (χ4v) is 2.50. The summed E-state index contributed by atoms with van der Waals surface area (Å²) in [6, 6.07) is 3.95. The number of carbonyl (C=O) groups is 1. The first-order valence-electron chi connectivity index (χ1n) is 6.46. The molecular formula is C15H17F2NO. The van der Waals surface area contributed by atoms with Crippen molar-refractivity contribution in [3.05, 3.63) is 48.1 Å². The monoisotopic (exact) mass is 265 g/mol. The molecule has 1 fully saturated rings. The van der Waals surface area contributed by atoms with Crippen molar-refractivity contribution < 1.29 is 13.6 Å². The lowest BCUT2D eigenvalue weighted by Crippen LogP contribution is -2.38. The standard InChI is InChI=1S/C15H17F2NO/c1-2-15(19)18-8-6-11(7-9-18)10-12-13(16)4-3-5-14(12)17/h2-5,11H,1,6-10H2. The number of hydrogen-bond donors (Lipinski definition) is 0. The van der Waals surface area contributed by atoms with Gasteiger partial charge < -0.3 is 4.90 Å². The van der Waals surface area contributed by atoms with E-state index >= 15 is 0 Å². The SMILES string of the molecule is C=CC(=O)N1CCC(Cc2c(F)cccc2F)CC1. The largest absolute Gasteiger partial charge is 0.339 e. The lowest BCUT2D eigenvalue weighted by molar-refractivity contribution is -0.127. The van der Waals surface area contributed by atoms with Crippen molar-refractivity contribution in [1.29, 1.82) is 0 Å². The first-order valence-corrected chi connectivity index (χ1v) is 6.46. The summed E-state index contributed by atoms with van der Waals surface area (Å²) in [5, 5.41) is 0. The van der Waals surface area contributed by atoms with Crippen LogP contribution in [0.5, 0.6) is 0 Å². The Morgan fingerprint density at radius 3 is 2.42 bits per heavy atom. The van der Waals surface area contributed by atoms with Gasteiger partial charge in [0.25, 0.3) is 0 Å². The first kappa shape index (κ1) is 13.7. The molecule has 1 saturated heterocycles. The van der Waals surface area contributed by atoms with Gasteiger partial charge in [0.2, 0.25) is 5.91 Å². The molecule has 19 heavy (non-hydrogen) atoms. The van der Waals surface area contributed by atoms with Gasteiger partial charge in [0.05, 0.1) is 0 Å². The van der Waals surface area contributed by atoms with E-state index in [2.05, 4.69) is 6.58 Å². The smallest absolute Gasteiger partial charge is 0.245 e. The minimum atomic E-state index is -0.482. The summed E-state index contributed by atoms with van der Waals surface area (Å²) in [6.07, 6.45) is 3.24. The van der Waals surface area contributed by atoms with Crippen molar-refractivity contribution >= 4 is 5.91 Å². The van der Waals surface area contributed by atoms with Crippen LogP contribution in [0.25, 0.3) is 0 Å². The van der Waals surface area contributed by atoms with E-state index in [0.717, 1.165) is 12.8 Å². The molecule has 2 nitrogen and oxygen atoms in total. The van der Waals surface area contributed by atoms with Gasteiger partial charge in [-0.2, -0.15) is 0 Å². The van der Waals surface area contributed by atoms with Crippen LogP contribution in [-0.4, -0.2) is 23.9 Å². The minimum Gasteiger partial charge on any atom is -0.339 e. The third kappa shape index (κ3) is 3.19. The van der Waals surface area contributed by atoms with E-state index in [9.17, 15) is 13.6 Å². The fourth-order valence-electron chi connectivity index (χ4n) is 2.50. The molecule has 0 unspecified atom stereocenters. The molecule has 0 aliphatic carbocycles. The van der Waals surface area contributed by atoms with Gasteiger partial charge in [-0.25, -0.2) is 8.78 Å². The summed E-state index contributed by atoms with van der Waals surface area (Å²) in [5.74, 6) is -0.815. The van der Waals surface area contributed by atoms with Crippen LogP contribution in [-0.2, 0) is 11.2 Å². The Balaban J connectivity index is 1.96. The Morgan fingerprint density at radius 1 is 1.32 bits per heavy atom. The molecule has 1 aromatic carbocycles. The van der Waals surface area contributed by atoms with Crippen LogP contribution in [0.1, 0.15) is 18.4 Å². The molecule has 0 spiro atoms. The molecule has 102 valence electrons. The highest BCUT2D eigenvalue weighted by Crippen LogP contribution is 2.24. The third-order valence-electron chi connectivity index (χ3n) is 3.66. The van der Waals surface area contributed by atoms with Gasteiger partial charge in [0.1, 0.15) is 11.6 Å². The van der Waals surface area contributed by atoms with E-state index in [1.54, 1.807) is 4.90 Å². The van der Waals surface area contributed by atoms with E-state index in [1.807, 2.05) is 0 Å². The summed E-state index contributed by atoms with van der Waals surface area (Å²) in [7, 11) is 0. The Morgan fingerprint density at radius 2 is 1.89 bits per heavy atom. The molecule has 2 rings (SSSR count). The highest BCUT2D eigenvalue weighted by Gasteiger charge is 2.23. The van der Waals surface area contributed by atoms with Gasteiger partial charge in [-0.1, -0.05) is 12.6 Å². The van der Waals surface area contributed by atoms with E-state index < -0.39 is 11.6 Å². The molecule has 0 saturated carbocycles. The van der Waals surface area contributed by atoms with Gasteiger partial charge in [-0.3, -0.25) is 4.79 Å². The lowest BCUT2D eigenvalue weighted by Gasteiger charge is -2.31. The van der Waals surface area contributed by atoms with Gasteiger partial charge in [-0.15, -0.1) is 0 Å².